The number of likely N-dealkylation sites (N-methyl/N-ethyl adjacent to an activating group) is 1. The van der Waals surface area contributed by atoms with Gasteiger partial charge in [-0.15, -0.1) is 5.06 Å². The molecule has 2 amide bonds. The number of piperidine rings is 1. The summed E-state index contributed by atoms with van der Waals surface area (Å²) < 4.78 is 0. The lowest BCUT2D eigenvalue weighted by atomic mass is 9.90. The van der Waals surface area contributed by atoms with Gasteiger partial charge in [0.25, 0.3) is 0 Å². The summed E-state index contributed by atoms with van der Waals surface area (Å²) in [4.78, 5) is 37.8. The minimum atomic E-state index is -0.515. The zero-order valence-corrected chi connectivity index (χ0v) is 19.8. The van der Waals surface area contributed by atoms with Crippen molar-refractivity contribution >= 4 is 35.1 Å². The number of halogens is 1. The van der Waals surface area contributed by atoms with Crippen LogP contribution in [0.3, 0.4) is 0 Å². The summed E-state index contributed by atoms with van der Waals surface area (Å²) >= 11 is 5.97. The Morgan fingerprint density at radius 1 is 1.09 bits per heavy atom. The molecule has 8 nitrogen and oxygen atoms in total. The Balaban J connectivity index is 1.22. The van der Waals surface area contributed by atoms with Gasteiger partial charge in [-0.2, -0.15) is 0 Å². The van der Waals surface area contributed by atoms with Crippen LogP contribution in [0.5, 0.6) is 0 Å². The molecule has 2 fully saturated rings. The molecule has 2 aliphatic heterocycles. The predicted octanol–water partition coefficient (Wildman–Crippen LogP) is 4.14. The summed E-state index contributed by atoms with van der Waals surface area (Å²) in [6.45, 7) is 4.55. The Labute approximate surface area is 199 Å². The van der Waals surface area contributed by atoms with E-state index < -0.39 is 6.09 Å². The molecule has 2 aromatic rings. The topological polar surface area (TPSA) is 78.0 Å². The summed E-state index contributed by atoms with van der Waals surface area (Å²) in [6.07, 6.45) is 3.87. The Bertz CT molecular complexity index is 961. The van der Waals surface area contributed by atoms with Crippen LogP contribution in [0.1, 0.15) is 37.7 Å². The van der Waals surface area contributed by atoms with Crippen LogP contribution in [0.2, 0.25) is 5.02 Å². The fraction of sp³-hybridized carbons (Fsp3) is 0.458. The van der Waals surface area contributed by atoms with Crippen LogP contribution in [0.15, 0.2) is 42.6 Å². The fourth-order valence-electron chi connectivity index (χ4n) is 4.44. The molecule has 0 aliphatic carbocycles. The van der Waals surface area contributed by atoms with E-state index in [1.165, 1.54) is 5.56 Å². The van der Waals surface area contributed by atoms with Gasteiger partial charge < -0.3 is 14.6 Å². The van der Waals surface area contributed by atoms with Gasteiger partial charge in [-0.1, -0.05) is 23.7 Å². The highest BCUT2D eigenvalue weighted by molar-refractivity contribution is 6.30. The van der Waals surface area contributed by atoms with Crippen molar-refractivity contribution in [2.24, 2.45) is 0 Å². The molecule has 33 heavy (non-hydrogen) atoms. The summed E-state index contributed by atoms with van der Waals surface area (Å²) in [5, 5.41) is 5.19. The molecule has 176 valence electrons. The highest BCUT2D eigenvalue weighted by atomic mass is 35.5. The van der Waals surface area contributed by atoms with E-state index in [1.807, 2.05) is 31.3 Å². The van der Waals surface area contributed by atoms with E-state index in [9.17, 15) is 9.59 Å². The lowest BCUT2D eigenvalue weighted by Gasteiger charge is -2.30. The number of amides is 2. The second-order valence-electron chi connectivity index (χ2n) is 8.68. The van der Waals surface area contributed by atoms with Crippen LogP contribution >= 0.6 is 11.6 Å². The number of nitrogens with zero attached hydrogens (tertiary/aromatic N) is 4. The fourth-order valence-corrected chi connectivity index (χ4v) is 4.57. The van der Waals surface area contributed by atoms with Crippen LogP contribution in [0.25, 0.3) is 0 Å². The minimum absolute atomic E-state index is 0.0714. The van der Waals surface area contributed by atoms with E-state index >= 15 is 0 Å². The van der Waals surface area contributed by atoms with Crippen LogP contribution in [0, 0.1) is 0 Å². The van der Waals surface area contributed by atoms with Crippen LogP contribution in [0.4, 0.5) is 16.3 Å². The Kier molecular flexibility index (Phi) is 7.35. The number of hydrogen-bond acceptors (Lipinski definition) is 6. The first kappa shape index (κ1) is 23.3. The first-order valence-corrected chi connectivity index (χ1v) is 11.7. The monoisotopic (exact) mass is 471 g/mol. The Morgan fingerprint density at radius 2 is 1.82 bits per heavy atom. The van der Waals surface area contributed by atoms with Gasteiger partial charge in [0.15, 0.2) is 0 Å². The molecule has 3 heterocycles. The molecule has 0 radical (unpaired) electrons. The molecule has 4 rings (SSSR count). The van der Waals surface area contributed by atoms with Gasteiger partial charge in [0.2, 0.25) is 5.91 Å². The predicted molar refractivity (Wildman–Crippen MR) is 128 cm³/mol. The Morgan fingerprint density at radius 3 is 2.45 bits per heavy atom. The number of pyridine rings is 1. The van der Waals surface area contributed by atoms with E-state index in [4.69, 9.17) is 16.4 Å². The van der Waals surface area contributed by atoms with Crippen molar-refractivity contribution in [3.63, 3.8) is 0 Å². The molecule has 1 N–H and O–H groups in total. The molecule has 1 aromatic heterocycles. The second kappa shape index (κ2) is 10.4. The zero-order valence-electron chi connectivity index (χ0n) is 19.0. The summed E-state index contributed by atoms with van der Waals surface area (Å²) in [5.41, 5.74) is 1.85. The second-order valence-corrected chi connectivity index (χ2v) is 9.12. The maximum Gasteiger partial charge on any atom is 0.430 e. The van der Waals surface area contributed by atoms with E-state index in [1.54, 1.807) is 23.1 Å². The van der Waals surface area contributed by atoms with Crippen LogP contribution in [-0.2, 0) is 9.63 Å². The number of benzene rings is 1. The lowest BCUT2D eigenvalue weighted by Crippen LogP contribution is -2.37. The highest BCUT2D eigenvalue weighted by Gasteiger charge is 2.28. The number of nitrogens with one attached hydrogen (secondary N) is 1. The molecule has 9 heteroatoms. The number of hydroxylamine groups is 2. The first-order valence-electron chi connectivity index (χ1n) is 11.3. The largest absolute Gasteiger partial charge is 0.430 e. The first-order chi connectivity index (χ1) is 15.9. The third kappa shape index (κ3) is 5.94. The maximum atomic E-state index is 12.3. The molecule has 0 bridgehead atoms. The van der Waals surface area contributed by atoms with Crippen LogP contribution in [-0.4, -0.2) is 66.2 Å². The van der Waals surface area contributed by atoms with Gasteiger partial charge in [-0.25, -0.2) is 9.78 Å². The number of rotatable bonds is 5. The summed E-state index contributed by atoms with van der Waals surface area (Å²) in [5.74, 6) is 1.35. The summed E-state index contributed by atoms with van der Waals surface area (Å²) in [7, 11) is 1.84. The molecule has 1 atom stereocenters. The van der Waals surface area contributed by atoms with E-state index in [-0.39, 0.29) is 11.9 Å². The number of hydrogen-bond donors (Lipinski definition) is 1. The average molecular weight is 472 g/mol. The van der Waals surface area contributed by atoms with Crippen molar-refractivity contribution in [3.8, 4) is 0 Å². The zero-order chi connectivity index (χ0) is 23.4. The average Bonchev–Trinajstić information content (AvgIpc) is 3.30. The van der Waals surface area contributed by atoms with Crippen molar-refractivity contribution in [2.45, 2.75) is 38.1 Å². The van der Waals surface area contributed by atoms with E-state index in [2.05, 4.69) is 27.3 Å². The number of carbonyl (C=O) groups excluding carboxylic acids is 2. The highest BCUT2D eigenvalue weighted by Crippen LogP contribution is 2.29. The molecule has 1 unspecified atom stereocenters. The molecule has 0 spiro atoms. The molecule has 2 aliphatic rings. The number of carbonyl (C=O) groups is 2. The van der Waals surface area contributed by atoms with Gasteiger partial charge in [0.1, 0.15) is 5.82 Å². The van der Waals surface area contributed by atoms with Gasteiger partial charge in [0.05, 0.1) is 17.9 Å². The van der Waals surface area contributed by atoms with Gasteiger partial charge in [-0.3, -0.25) is 10.1 Å². The maximum absolute atomic E-state index is 12.3. The third-order valence-corrected chi connectivity index (χ3v) is 6.79. The van der Waals surface area contributed by atoms with E-state index in [0.29, 0.717) is 24.7 Å². The SMILES string of the molecule is CC(=O)N(C)C1CCN(c2ccc(NC(=O)ON3CCC(c4ccc(Cl)cc4)CC3)cn2)C1. The molecule has 0 saturated carbocycles. The molecular weight excluding hydrogens is 442 g/mol. The lowest BCUT2D eigenvalue weighted by molar-refractivity contribution is -0.129. The normalized spacial score (nSPS) is 19.4. The van der Waals surface area contributed by atoms with Gasteiger partial charge in [-0.05, 0) is 55.0 Å². The van der Waals surface area contributed by atoms with Crippen LogP contribution < -0.4 is 10.2 Å². The van der Waals surface area contributed by atoms with Crippen molar-refractivity contribution in [3.05, 3.63) is 53.2 Å². The van der Waals surface area contributed by atoms with Gasteiger partial charge >= 0.3 is 6.09 Å². The quantitative estimate of drug-likeness (QED) is 0.706. The Hall–Kier alpha value is -2.84. The molecule has 2 saturated heterocycles. The van der Waals surface area contributed by atoms with Crippen molar-refractivity contribution in [1.82, 2.24) is 14.9 Å². The minimum Gasteiger partial charge on any atom is -0.354 e. The van der Waals surface area contributed by atoms with Gasteiger partial charge in [0, 0.05) is 45.2 Å². The smallest absolute Gasteiger partial charge is 0.354 e. The van der Waals surface area contributed by atoms with Crippen molar-refractivity contribution in [1.29, 1.82) is 0 Å². The molecular formula is C24H30ClN5O3. The molecule has 1 aromatic carbocycles. The van der Waals surface area contributed by atoms with Crippen molar-refractivity contribution < 1.29 is 14.4 Å². The summed E-state index contributed by atoms with van der Waals surface area (Å²) in [6, 6.07) is 11.9. The number of aromatic nitrogens is 1. The third-order valence-electron chi connectivity index (χ3n) is 6.53. The van der Waals surface area contributed by atoms with E-state index in [0.717, 1.165) is 43.2 Å². The van der Waals surface area contributed by atoms with Crippen molar-refractivity contribution in [2.75, 3.05) is 43.4 Å². The number of anilines is 2. The standard InChI is InChI=1S/C24H30ClN5O3/c1-17(31)28(2)22-11-12-29(16-22)23-8-7-21(15-26-23)27-24(32)33-30-13-9-19(10-14-30)18-3-5-20(25)6-4-18/h3-8,15,19,22H,9-14,16H2,1-2H3,(H,27,32).